The van der Waals surface area contributed by atoms with Crippen molar-refractivity contribution >= 4 is 5.82 Å². The van der Waals surface area contributed by atoms with Crippen molar-refractivity contribution in [3.05, 3.63) is 17.8 Å². The molecule has 0 radical (unpaired) electrons. The van der Waals surface area contributed by atoms with Gasteiger partial charge in [-0.3, -0.25) is 0 Å². The maximum absolute atomic E-state index is 4.48. The van der Waals surface area contributed by atoms with E-state index in [1.54, 1.807) is 0 Å². The Morgan fingerprint density at radius 2 is 1.90 bits per heavy atom. The normalized spacial score (nSPS) is 15.0. The van der Waals surface area contributed by atoms with Crippen LogP contribution < -0.4 is 10.2 Å². The monoisotopic (exact) mass is 290 g/mol. The summed E-state index contributed by atoms with van der Waals surface area (Å²) >= 11 is 0. The van der Waals surface area contributed by atoms with Crippen LogP contribution in [0.3, 0.4) is 0 Å². The minimum Gasteiger partial charge on any atom is -0.352 e. The number of anilines is 1. The molecule has 0 spiro atoms. The lowest BCUT2D eigenvalue weighted by Gasteiger charge is -2.32. The molecule has 0 atom stereocenters. The Labute approximate surface area is 129 Å². The molecule has 0 aromatic carbocycles. The van der Waals surface area contributed by atoms with Gasteiger partial charge in [0.05, 0.1) is 5.69 Å². The highest BCUT2D eigenvalue weighted by atomic mass is 15.3. The number of rotatable bonds is 9. The van der Waals surface area contributed by atoms with Crippen molar-refractivity contribution in [3.63, 3.8) is 0 Å². The first-order valence-corrected chi connectivity index (χ1v) is 8.46. The van der Waals surface area contributed by atoms with Crippen molar-refractivity contribution in [1.82, 2.24) is 15.5 Å². The minimum atomic E-state index is 0.553. The van der Waals surface area contributed by atoms with E-state index in [4.69, 9.17) is 0 Å². The smallest absolute Gasteiger partial charge is 0.151 e. The predicted octanol–water partition coefficient (Wildman–Crippen LogP) is 3.38. The van der Waals surface area contributed by atoms with E-state index in [-0.39, 0.29) is 0 Å². The summed E-state index contributed by atoms with van der Waals surface area (Å²) in [7, 11) is 0. The van der Waals surface area contributed by atoms with Gasteiger partial charge in [-0.2, -0.15) is 5.10 Å². The zero-order chi connectivity index (χ0) is 15.2. The highest BCUT2D eigenvalue weighted by molar-refractivity contribution is 5.38. The molecule has 1 saturated carbocycles. The van der Waals surface area contributed by atoms with E-state index in [0.29, 0.717) is 18.0 Å². The average Bonchev–Trinajstić information content (AvgIpc) is 3.30. The van der Waals surface area contributed by atoms with Crippen LogP contribution in [0.1, 0.15) is 59.1 Å². The molecule has 0 saturated heterocycles. The molecule has 1 heterocycles. The van der Waals surface area contributed by atoms with Crippen LogP contribution in [-0.4, -0.2) is 28.8 Å². The molecule has 1 fully saturated rings. The fraction of sp³-hybridized carbons (Fsp3) is 0.765. The number of hydrogen-bond acceptors (Lipinski definition) is 4. The molecule has 0 bridgehead atoms. The van der Waals surface area contributed by atoms with E-state index in [9.17, 15) is 0 Å². The number of hydrogen-bond donors (Lipinski definition) is 1. The highest BCUT2D eigenvalue weighted by Gasteiger charge is 2.21. The fourth-order valence-electron chi connectivity index (χ4n) is 2.69. The maximum atomic E-state index is 4.48. The Morgan fingerprint density at radius 1 is 1.19 bits per heavy atom. The molecular weight excluding hydrogens is 260 g/mol. The van der Waals surface area contributed by atoms with Gasteiger partial charge >= 0.3 is 0 Å². The zero-order valence-corrected chi connectivity index (χ0v) is 14.0. The summed E-state index contributed by atoms with van der Waals surface area (Å²) in [6, 6.07) is 5.52. The Balaban J connectivity index is 2.03. The van der Waals surface area contributed by atoms with Crippen molar-refractivity contribution < 1.29 is 0 Å². The van der Waals surface area contributed by atoms with Crippen molar-refractivity contribution in [3.8, 4) is 0 Å². The van der Waals surface area contributed by atoms with E-state index < -0.39 is 0 Å². The van der Waals surface area contributed by atoms with E-state index >= 15 is 0 Å². The summed E-state index contributed by atoms with van der Waals surface area (Å²) in [5, 5.41) is 12.4. The first-order valence-electron chi connectivity index (χ1n) is 8.46. The number of aromatic nitrogens is 2. The first kappa shape index (κ1) is 16.2. The van der Waals surface area contributed by atoms with Crippen molar-refractivity contribution in [2.24, 2.45) is 5.92 Å². The van der Waals surface area contributed by atoms with Crippen LogP contribution in [0, 0.1) is 5.92 Å². The van der Waals surface area contributed by atoms with Crippen LogP contribution in [0.5, 0.6) is 0 Å². The van der Waals surface area contributed by atoms with E-state index in [2.05, 4.69) is 60.2 Å². The SMILES string of the molecule is CCC(CC)N(CC(C)C)c1ccc(CNC2CC2)nn1. The molecule has 1 aliphatic carbocycles. The largest absolute Gasteiger partial charge is 0.352 e. The fourth-order valence-corrected chi connectivity index (χ4v) is 2.69. The molecule has 0 unspecified atom stereocenters. The van der Waals surface area contributed by atoms with Crippen molar-refractivity contribution in [1.29, 1.82) is 0 Å². The zero-order valence-electron chi connectivity index (χ0n) is 14.0. The van der Waals surface area contributed by atoms with Gasteiger partial charge in [-0.15, -0.1) is 5.10 Å². The standard InChI is InChI=1S/C17H30N4/c1-5-16(6-2)21(12-13(3)4)17-10-9-15(19-20-17)11-18-14-7-8-14/h9-10,13-14,16,18H,5-8,11-12H2,1-4H3. The van der Waals surface area contributed by atoms with Gasteiger partial charge in [0, 0.05) is 25.2 Å². The van der Waals surface area contributed by atoms with E-state index in [0.717, 1.165) is 37.4 Å². The molecule has 118 valence electrons. The maximum Gasteiger partial charge on any atom is 0.151 e. The second kappa shape index (κ2) is 7.74. The summed E-state index contributed by atoms with van der Waals surface area (Å²) in [5.41, 5.74) is 1.04. The highest BCUT2D eigenvalue weighted by Crippen LogP contribution is 2.21. The lowest BCUT2D eigenvalue weighted by Crippen LogP contribution is -2.38. The third kappa shape index (κ3) is 4.95. The number of nitrogens with zero attached hydrogens (tertiary/aromatic N) is 3. The van der Waals surface area contributed by atoms with Gasteiger partial charge in [0.25, 0.3) is 0 Å². The van der Waals surface area contributed by atoms with Gasteiger partial charge in [0.1, 0.15) is 0 Å². The van der Waals surface area contributed by atoms with E-state index in [1.807, 2.05) is 0 Å². The summed E-state index contributed by atoms with van der Waals surface area (Å²) in [6.45, 7) is 10.9. The molecule has 1 N–H and O–H groups in total. The summed E-state index contributed by atoms with van der Waals surface area (Å²) < 4.78 is 0. The van der Waals surface area contributed by atoms with Gasteiger partial charge in [0.15, 0.2) is 5.82 Å². The van der Waals surface area contributed by atoms with Crippen LogP contribution in [0.15, 0.2) is 12.1 Å². The van der Waals surface area contributed by atoms with Crippen LogP contribution >= 0.6 is 0 Å². The van der Waals surface area contributed by atoms with Crippen LogP contribution in [0.2, 0.25) is 0 Å². The Hall–Kier alpha value is -1.16. The van der Waals surface area contributed by atoms with Gasteiger partial charge in [-0.25, -0.2) is 0 Å². The Bertz CT molecular complexity index is 407. The van der Waals surface area contributed by atoms with Crippen LogP contribution in [0.25, 0.3) is 0 Å². The topological polar surface area (TPSA) is 41.0 Å². The molecule has 1 aliphatic rings. The first-order chi connectivity index (χ1) is 10.1. The van der Waals surface area contributed by atoms with Crippen molar-refractivity contribution in [2.45, 2.75) is 72.0 Å². The number of nitrogens with one attached hydrogen (secondary N) is 1. The molecule has 0 amide bonds. The average molecular weight is 290 g/mol. The Kier molecular flexibility index (Phi) is 5.97. The molecule has 0 aliphatic heterocycles. The molecule has 2 rings (SSSR count). The lowest BCUT2D eigenvalue weighted by molar-refractivity contribution is 0.501. The predicted molar refractivity (Wildman–Crippen MR) is 88.4 cm³/mol. The molecule has 1 aromatic rings. The molecule has 4 heteroatoms. The third-order valence-electron chi connectivity index (χ3n) is 4.09. The molecular formula is C17H30N4. The Morgan fingerprint density at radius 3 is 2.38 bits per heavy atom. The minimum absolute atomic E-state index is 0.553. The van der Waals surface area contributed by atoms with Gasteiger partial charge in [-0.1, -0.05) is 27.7 Å². The van der Waals surface area contributed by atoms with Crippen LogP contribution in [-0.2, 0) is 6.54 Å². The third-order valence-corrected chi connectivity index (χ3v) is 4.09. The molecule has 4 nitrogen and oxygen atoms in total. The summed E-state index contributed by atoms with van der Waals surface area (Å²) in [4.78, 5) is 2.43. The second-order valence-corrected chi connectivity index (χ2v) is 6.55. The summed E-state index contributed by atoms with van der Waals surface area (Å²) in [5.74, 6) is 1.65. The van der Waals surface area contributed by atoms with Crippen molar-refractivity contribution in [2.75, 3.05) is 11.4 Å². The van der Waals surface area contributed by atoms with Gasteiger partial charge in [-0.05, 0) is 43.7 Å². The lowest BCUT2D eigenvalue weighted by atomic mass is 10.1. The van der Waals surface area contributed by atoms with E-state index in [1.165, 1.54) is 12.8 Å². The van der Waals surface area contributed by atoms with Gasteiger partial charge < -0.3 is 10.2 Å². The molecule has 21 heavy (non-hydrogen) atoms. The quantitative estimate of drug-likeness (QED) is 0.757. The summed E-state index contributed by atoms with van der Waals surface area (Å²) in [6.07, 6.45) is 4.91. The van der Waals surface area contributed by atoms with Gasteiger partial charge in [0.2, 0.25) is 0 Å². The molecule has 1 aromatic heterocycles. The second-order valence-electron chi connectivity index (χ2n) is 6.55. The van der Waals surface area contributed by atoms with Crippen LogP contribution in [0.4, 0.5) is 5.82 Å².